The van der Waals surface area contributed by atoms with Crippen LogP contribution in [0.1, 0.15) is 57.9 Å². The molecule has 2 unspecified atom stereocenters. The van der Waals surface area contributed by atoms with Crippen molar-refractivity contribution in [1.82, 2.24) is 10.1 Å². The highest BCUT2D eigenvalue weighted by Crippen LogP contribution is 2.25. The fourth-order valence-corrected chi connectivity index (χ4v) is 1.87. The lowest BCUT2D eigenvalue weighted by atomic mass is 10.1. The molecule has 1 heterocycles. The Labute approximate surface area is 113 Å². The van der Waals surface area contributed by atoms with Crippen LogP contribution in [0.5, 0.6) is 0 Å². The highest BCUT2D eigenvalue weighted by atomic mass is 16.5. The Bertz CT molecular complexity index is 403. The normalized spacial score (nSPS) is 14.4. The maximum atomic E-state index is 11.8. The molecule has 1 aromatic rings. The molecule has 0 amide bonds. The molecule has 0 spiro atoms. The number of carbonyl (C=O) groups excluding carboxylic acids is 1. The minimum Gasteiger partial charge on any atom is -0.465 e. The molecule has 19 heavy (non-hydrogen) atoms. The molecular weight excluding hydrogens is 248 g/mol. The maximum absolute atomic E-state index is 11.8. The van der Waals surface area contributed by atoms with Crippen LogP contribution in [-0.4, -0.2) is 29.8 Å². The van der Waals surface area contributed by atoms with Crippen LogP contribution in [0.3, 0.4) is 0 Å². The number of hydrogen-bond acceptors (Lipinski definition) is 6. The molecule has 0 aliphatic rings. The van der Waals surface area contributed by atoms with E-state index in [4.69, 9.17) is 14.0 Å². The molecule has 0 saturated carbocycles. The smallest absolute Gasteiger partial charge is 0.318 e. The lowest BCUT2D eigenvalue weighted by Crippen LogP contribution is -2.16. The Kier molecular flexibility index (Phi) is 5.95. The molecule has 0 radical (unpaired) electrons. The number of nitrogens with zero attached hydrogens (tertiary/aromatic N) is 2. The third kappa shape index (κ3) is 3.76. The fraction of sp³-hybridized carbons (Fsp3) is 0.769. The van der Waals surface area contributed by atoms with Crippen molar-refractivity contribution in [3.05, 3.63) is 11.7 Å². The van der Waals surface area contributed by atoms with Gasteiger partial charge in [-0.25, -0.2) is 0 Å². The summed E-state index contributed by atoms with van der Waals surface area (Å²) in [5.41, 5.74) is 0. The molecule has 108 valence electrons. The van der Waals surface area contributed by atoms with Gasteiger partial charge in [-0.1, -0.05) is 25.9 Å². The first-order valence-corrected chi connectivity index (χ1v) is 6.57. The first-order valence-electron chi connectivity index (χ1n) is 6.57. The van der Waals surface area contributed by atoms with Gasteiger partial charge >= 0.3 is 5.97 Å². The number of methoxy groups -OCH3 is 1. The van der Waals surface area contributed by atoms with E-state index in [1.54, 1.807) is 14.0 Å². The van der Waals surface area contributed by atoms with Crippen molar-refractivity contribution in [2.75, 3.05) is 13.7 Å². The third-order valence-corrected chi connectivity index (χ3v) is 2.85. The molecule has 1 rings (SSSR count). The average Bonchev–Trinajstić information content (AvgIpc) is 2.80. The van der Waals surface area contributed by atoms with Crippen LogP contribution in [0, 0.1) is 5.92 Å². The van der Waals surface area contributed by atoms with Gasteiger partial charge in [0.25, 0.3) is 0 Å². The Morgan fingerprint density at radius 1 is 1.37 bits per heavy atom. The van der Waals surface area contributed by atoms with E-state index in [2.05, 4.69) is 10.1 Å². The number of ether oxygens (including phenoxy) is 2. The van der Waals surface area contributed by atoms with E-state index in [1.165, 1.54) is 0 Å². The van der Waals surface area contributed by atoms with Gasteiger partial charge in [-0.15, -0.1) is 0 Å². The molecule has 6 nitrogen and oxygen atoms in total. The summed E-state index contributed by atoms with van der Waals surface area (Å²) in [5, 5.41) is 3.90. The quantitative estimate of drug-likeness (QED) is 0.708. The molecule has 0 aromatic carbocycles. The molecular formula is C13H22N2O4. The van der Waals surface area contributed by atoms with E-state index in [0.717, 1.165) is 0 Å². The van der Waals surface area contributed by atoms with Crippen LogP contribution in [0.4, 0.5) is 0 Å². The van der Waals surface area contributed by atoms with Crippen LogP contribution >= 0.6 is 0 Å². The van der Waals surface area contributed by atoms with Gasteiger partial charge in [0.05, 0.1) is 6.61 Å². The topological polar surface area (TPSA) is 74.5 Å². The standard InChI is InChI=1S/C13H22N2O4/c1-6-9(13(16)18-7-2)12-14-11(15-19-12)10(17-5)8(3)4/h8-10H,6-7H2,1-5H3. The Morgan fingerprint density at radius 3 is 2.53 bits per heavy atom. The van der Waals surface area contributed by atoms with Gasteiger partial charge in [0.2, 0.25) is 11.7 Å². The largest absolute Gasteiger partial charge is 0.465 e. The number of aromatic nitrogens is 2. The molecule has 0 bridgehead atoms. The Balaban J connectivity index is 2.90. The first kappa shape index (κ1) is 15.6. The second kappa shape index (κ2) is 7.23. The van der Waals surface area contributed by atoms with Crippen molar-refractivity contribution in [1.29, 1.82) is 0 Å². The molecule has 0 fully saturated rings. The van der Waals surface area contributed by atoms with Gasteiger partial charge in [-0.2, -0.15) is 4.98 Å². The van der Waals surface area contributed by atoms with Gasteiger partial charge in [-0.3, -0.25) is 4.79 Å². The Hall–Kier alpha value is -1.43. The minimum absolute atomic E-state index is 0.220. The molecule has 2 atom stereocenters. The fourth-order valence-electron chi connectivity index (χ4n) is 1.87. The minimum atomic E-state index is -0.508. The van der Waals surface area contributed by atoms with Gasteiger partial charge in [0.15, 0.2) is 0 Å². The van der Waals surface area contributed by atoms with Crippen molar-refractivity contribution in [2.45, 2.75) is 46.1 Å². The lowest BCUT2D eigenvalue weighted by Gasteiger charge is -2.14. The SMILES string of the molecule is CCOC(=O)C(CC)c1nc(C(OC)C(C)C)no1. The van der Waals surface area contributed by atoms with E-state index >= 15 is 0 Å². The summed E-state index contributed by atoms with van der Waals surface area (Å²) in [4.78, 5) is 16.0. The van der Waals surface area contributed by atoms with E-state index in [-0.39, 0.29) is 18.0 Å². The molecule has 6 heteroatoms. The van der Waals surface area contributed by atoms with E-state index in [9.17, 15) is 4.79 Å². The molecule has 0 aliphatic heterocycles. The maximum Gasteiger partial charge on any atom is 0.318 e. The summed E-state index contributed by atoms with van der Waals surface area (Å²) in [6, 6.07) is 0. The van der Waals surface area contributed by atoms with Crippen LogP contribution < -0.4 is 0 Å². The van der Waals surface area contributed by atoms with Crippen molar-refractivity contribution in [3.63, 3.8) is 0 Å². The number of carbonyl (C=O) groups is 1. The summed E-state index contributed by atoms with van der Waals surface area (Å²) in [6.07, 6.45) is 0.317. The second-order valence-electron chi connectivity index (χ2n) is 4.60. The third-order valence-electron chi connectivity index (χ3n) is 2.85. The summed E-state index contributed by atoms with van der Waals surface area (Å²) >= 11 is 0. The average molecular weight is 270 g/mol. The van der Waals surface area contributed by atoms with Crippen molar-refractivity contribution in [2.24, 2.45) is 5.92 Å². The summed E-state index contributed by atoms with van der Waals surface area (Å²) in [6.45, 7) is 7.99. The zero-order valence-corrected chi connectivity index (χ0v) is 12.2. The van der Waals surface area contributed by atoms with Gasteiger partial charge < -0.3 is 14.0 Å². The number of esters is 1. The van der Waals surface area contributed by atoms with Crippen LogP contribution in [0.25, 0.3) is 0 Å². The number of rotatable bonds is 7. The number of hydrogen-bond donors (Lipinski definition) is 0. The highest BCUT2D eigenvalue weighted by Gasteiger charge is 2.29. The van der Waals surface area contributed by atoms with Gasteiger partial charge in [0.1, 0.15) is 12.0 Å². The van der Waals surface area contributed by atoms with Crippen LogP contribution in [0.2, 0.25) is 0 Å². The monoisotopic (exact) mass is 270 g/mol. The van der Waals surface area contributed by atoms with Crippen molar-refractivity contribution in [3.8, 4) is 0 Å². The first-order chi connectivity index (χ1) is 9.04. The van der Waals surface area contributed by atoms with Crippen molar-refractivity contribution >= 4 is 5.97 Å². The lowest BCUT2D eigenvalue weighted by molar-refractivity contribution is -0.145. The van der Waals surface area contributed by atoms with Crippen LogP contribution in [0.15, 0.2) is 4.52 Å². The van der Waals surface area contributed by atoms with Crippen molar-refractivity contribution < 1.29 is 18.8 Å². The van der Waals surface area contributed by atoms with Gasteiger partial charge in [0, 0.05) is 7.11 Å². The zero-order chi connectivity index (χ0) is 14.4. The Morgan fingerprint density at radius 2 is 2.05 bits per heavy atom. The van der Waals surface area contributed by atoms with Gasteiger partial charge in [-0.05, 0) is 19.3 Å². The predicted octanol–water partition coefficient (Wildman–Crippen LogP) is 2.47. The summed E-state index contributed by atoms with van der Waals surface area (Å²) in [5.74, 6) is 0.136. The van der Waals surface area contributed by atoms with Crippen LogP contribution in [-0.2, 0) is 14.3 Å². The second-order valence-corrected chi connectivity index (χ2v) is 4.60. The predicted molar refractivity (Wildman–Crippen MR) is 68.6 cm³/mol. The van der Waals surface area contributed by atoms with E-state index < -0.39 is 5.92 Å². The zero-order valence-electron chi connectivity index (χ0n) is 12.2. The molecule has 0 saturated heterocycles. The van der Waals surface area contributed by atoms with E-state index in [0.29, 0.717) is 24.7 Å². The molecule has 1 aromatic heterocycles. The molecule has 0 N–H and O–H groups in total. The summed E-state index contributed by atoms with van der Waals surface area (Å²) in [7, 11) is 1.60. The molecule has 0 aliphatic carbocycles. The van der Waals surface area contributed by atoms with E-state index in [1.807, 2.05) is 20.8 Å². The summed E-state index contributed by atoms with van der Waals surface area (Å²) < 4.78 is 15.5. The highest BCUT2D eigenvalue weighted by molar-refractivity contribution is 5.76.